The summed E-state index contributed by atoms with van der Waals surface area (Å²) in [5.41, 5.74) is 10.6. The van der Waals surface area contributed by atoms with Gasteiger partial charge >= 0.3 is 41.5 Å². The van der Waals surface area contributed by atoms with Crippen molar-refractivity contribution in [2.24, 2.45) is 22.4 Å². The maximum absolute atomic E-state index is 12.6. The Kier molecular flexibility index (Phi) is 23.2. The maximum Gasteiger partial charge on any atom is 1.00 e. The van der Waals surface area contributed by atoms with E-state index in [2.05, 4.69) is 20.9 Å². The molecule has 200 valence electrons. The van der Waals surface area contributed by atoms with Crippen LogP contribution < -0.4 is 57.0 Å². The Morgan fingerprint density at radius 2 is 1.67 bits per heavy atom. The standard InChI is InChI=1S/C22H40N7O6.Na/c1-16(30)29-19(8-5-10-27-15-23)21(33)35-13-12-34-20(32)17(6-3-11-28-22(24)25)14-18(31)7-4-9-26-2;/h17,19,26H,3-14H2,1-2H3,(H2,23,27)(H,29,30)(H4,24,25,28);/q-1;+1. The number of hydrogen-bond donors (Lipinski definition) is 6. The van der Waals surface area contributed by atoms with Crippen LogP contribution in [0.2, 0.25) is 0 Å². The fourth-order valence-corrected chi connectivity index (χ4v) is 3.14. The Morgan fingerprint density at radius 1 is 1.00 bits per heavy atom. The molecular weight excluding hydrogens is 481 g/mol. The maximum atomic E-state index is 12.6. The topological polar surface area (TPSA) is 211 Å². The predicted molar refractivity (Wildman–Crippen MR) is 131 cm³/mol. The molecule has 0 fully saturated rings. The van der Waals surface area contributed by atoms with Crippen LogP contribution in [0.3, 0.4) is 0 Å². The van der Waals surface area contributed by atoms with E-state index in [9.17, 15) is 19.2 Å². The van der Waals surface area contributed by atoms with Crippen molar-refractivity contribution in [3.8, 4) is 0 Å². The number of guanidine groups is 1. The zero-order chi connectivity index (χ0) is 26.5. The summed E-state index contributed by atoms with van der Waals surface area (Å²) in [5.74, 6) is -2.32. The van der Waals surface area contributed by atoms with E-state index in [1.807, 2.05) is 6.34 Å². The van der Waals surface area contributed by atoms with Crippen molar-refractivity contribution in [3.05, 3.63) is 0 Å². The zero-order valence-corrected chi connectivity index (χ0v) is 23.7. The van der Waals surface area contributed by atoms with Crippen molar-refractivity contribution in [2.75, 3.05) is 39.9 Å². The summed E-state index contributed by atoms with van der Waals surface area (Å²) in [4.78, 5) is 52.4. The molecule has 0 aromatic carbocycles. The molecular formula is C22H40N7NaO6. The van der Waals surface area contributed by atoms with E-state index < -0.39 is 23.9 Å². The van der Waals surface area contributed by atoms with Crippen LogP contribution in [0.4, 0.5) is 0 Å². The predicted octanol–water partition coefficient (Wildman–Crippen LogP) is -3.94. The van der Waals surface area contributed by atoms with Gasteiger partial charge < -0.3 is 48.6 Å². The van der Waals surface area contributed by atoms with E-state index in [1.165, 1.54) is 6.92 Å². The summed E-state index contributed by atoms with van der Waals surface area (Å²) < 4.78 is 10.4. The number of Topliss-reactive ketones (excluding diaryl/α,β-unsaturated/α-hetero) is 1. The third-order valence-electron chi connectivity index (χ3n) is 4.81. The zero-order valence-electron chi connectivity index (χ0n) is 21.7. The van der Waals surface area contributed by atoms with Crippen molar-refractivity contribution < 1.29 is 58.2 Å². The molecule has 0 saturated heterocycles. The number of ether oxygens (including phenoxy) is 2. The monoisotopic (exact) mass is 521 g/mol. The summed E-state index contributed by atoms with van der Waals surface area (Å²) in [6.45, 7) is 2.37. The molecule has 0 spiro atoms. The second-order valence-electron chi connectivity index (χ2n) is 7.88. The average Bonchev–Trinajstić information content (AvgIpc) is 2.80. The van der Waals surface area contributed by atoms with Gasteiger partial charge in [0.25, 0.3) is 0 Å². The first-order valence-electron chi connectivity index (χ1n) is 11.7. The number of carbonyl (C=O) groups excluding carboxylic acids is 4. The van der Waals surface area contributed by atoms with Crippen LogP contribution in [0.15, 0.2) is 4.99 Å². The Morgan fingerprint density at radius 3 is 2.25 bits per heavy atom. The van der Waals surface area contributed by atoms with Gasteiger partial charge in [-0.15, -0.1) is 0 Å². The first kappa shape index (κ1) is 35.9. The summed E-state index contributed by atoms with van der Waals surface area (Å²) in [5, 5.41) is 14.9. The van der Waals surface area contributed by atoms with E-state index in [0.29, 0.717) is 58.2 Å². The van der Waals surface area contributed by atoms with Crippen molar-refractivity contribution in [1.82, 2.24) is 16.0 Å². The van der Waals surface area contributed by atoms with E-state index in [1.54, 1.807) is 7.05 Å². The third-order valence-corrected chi connectivity index (χ3v) is 4.81. The molecule has 0 aromatic rings. The fourth-order valence-electron chi connectivity index (χ4n) is 3.14. The molecule has 0 saturated carbocycles. The molecule has 0 aromatic heterocycles. The molecule has 0 radical (unpaired) electrons. The molecule has 0 aliphatic rings. The SMILES string of the molecule is CNCCCC(=O)CC(CCCN=C(N)N)C(=O)OCCOC(=O)C(CCCN[C-]=N)NC(C)=O.[Na+]. The quantitative estimate of drug-likeness (QED) is 0.0164. The average molecular weight is 522 g/mol. The Hall–Kier alpha value is -2.22. The summed E-state index contributed by atoms with van der Waals surface area (Å²) in [6.07, 6.45) is 4.79. The number of amides is 1. The number of nitrogens with one attached hydrogen (secondary N) is 4. The van der Waals surface area contributed by atoms with Gasteiger partial charge in [-0.25, -0.2) is 4.79 Å². The molecule has 8 N–H and O–H groups in total. The number of hydrogen-bond acceptors (Lipinski definition) is 9. The van der Waals surface area contributed by atoms with Gasteiger partial charge in [0.1, 0.15) is 25.0 Å². The van der Waals surface area contributed by atoms with E-state index >= 15 is 0 Å². The van der Waals surface area contributed by atoms with Gasteiger partial charge in [-0.05, 0) is 52.2 Å². The van der Waals surface area contributed by atoms with Gasteiger partial charge in [0, 0.05) is 26.3 Å². The number of carbonyl (C=O) groups is 4. The molecule has 0 aliphatic carbocycles. The molecule has 13 nitrogen and oxygen atoms in total. The van der Waals surface area contributed by atoms with E-state index in [-0.39, 0.29) is 66.8 Å². The van der Waals surface area contributed by atoms with Crippen LogP contribution in [0.25, 0.3) is 0 Å². The second kappa shape index (κ2) is 23.2. The summed E-state index contributed by atoms with van der Waals surface area (Å²) >= 11 is 0. The molecule has 0 bridgehead atoms. The Labute approximate surface area is 235 Å². The molecule has 1 amide bonds. The van der Waals surface area contributed by atoms with Crippen LogP contribution in [0, 0.1) is 11.3 Å². The molecule has 0 heterocycles. The largest absolute Gasteiger partial charge is 1.00 e. The number of rotatable bonds is 21. The van der Waals surface area contributed by atoms with Gasteiger partial charge in [-0.3, -0.25) is 19.4 Å². The number of ketones is 1. The minimum atomic E-state index is -0.853. The molecule has 0 aliphatic heterocycles. The van der Waals surface area contributed by atoms with Crippen LogP contribution in [0.5, 0.6) is 0 Å². The van der Waals surface area contributed by atoms with Crippen molar-refractivity contribution in [2.45, 2.75) is 57.9 Å². The Balaban J connectivity index is 0. The van der Waals surface area contributed by atoms with Gasteiger partial charge in [0.15, 0.2) is 5.96 Å². The fraction of sp³-hybridized carbons (Fsp3) is 0.727. The Bertz CT molecular complexity index is 704. The van der Waals surface area contributed by atoms with Crippen molar-refractivity contribution in [3.63, 3.8) is 0 Å². The normalized spacial score (nSPS) is 11.7. The number of nitrogens with two attached hydrogens (primary N) is 2. The van der Waals surface area contributed by atoms with Gasteiger partial charge in [0.2, 0.25) is 5.91 Å². The van der Waals surface area contributed by atoms with Gasteiger partial charge in [-0.2, -0.15) is 0 Å². The van der Waals surface area contributed by atoms with E-state index in [4.69, 9.17) is 26.4 Å². The second-order valence-corrected chi connectivity index (χ2v) is 7.88. The molecule has 2 atom stereocenters. The van der Waals surface area contributed by atoms with Crippen LogP contribution >= 0.6 is 0 Å². The van der Waals surface area contributed by atoms with Gasteiger partial charge in [0.05, 0.1) is 5.92 Å². The van der Waals surface area contributed by atoms with Crippen molar-refractivity contribution >= 4 is 35.9 Å². The summed E-state index contributed by atoms with van der Waals surface area (Å²) in [6, 6.07) is -0.853. The smallest absolute Gasteiger partial charge is 0.551 e. The van der Waals surface area contributed by atoms with Crippen molar-refractivity contribution in [1.29, 1.82) is 5.41 Å². The number of nitrogens with zero attached hydrogens (tertiary/aromatic N) is 1. The number of aliphatic imine (C=N–C) groups is 1. The van der Waals surface area contributed by atoms with Crippen LogP contribution in [0.1, 0.15) is 51.9 Å². The summed E-state index contributed by atoms with van der Waals surface area (Å²) in [7, 11) is 1.80. The molecule has 14 heteroatoms. The molecule has 2 unspecified atom stereocenters. The van der Waals surface area contributed by atoms with Crippen LogP contribution in [-0.4, -0.2) is 81.9 Å². The first-order valence-corrected chi connectivity index (χ1v) is 11.7. The van der Waals surface area contributed by atoms with Gasteiger partial charge in [-0.1, -0.05) is 0 Å². The van der Waals surface area contributed by atoms with E-state index in [0.717, 1.165) is 0 Å². The minimum Gasteiger partial charge on any atom is -0.551 e. The molecule has 36 heavy (non-hydrogen) atoms. The van der Waals surface area contributed by atoms with Crippen LogP contribution in [-0.2, 0) is 28.7 Å². The third kappa shape index (κ3) is 20.0. The minimum absolute atomic E-state index is 0. The molecule has 0 rings (SSSR count). The number of esters is 2. The first-order chi connectivity index (χ1) is 16.7.